The lowest BCUT2D eigenvalue weighted by Crippen LogP contribution is -2.33. The van der Waals surface area contributed by atoms with Crippen LogP contribution in [0.5, 0.6) is 0 Å². The molecular weight excluding hydrogens is 349 g/mol. The summed E-state index contributed by atoms with van der Waals surface area (Å²) in [5.74, 6) is -5.70. The van der Waals surface area contributed by atoms with E-state index in [0.29, 0.717) is 5.56 Å². The van der Waals surface area contributed by atoms with E-state index in [1.807, 2.05) is 0 Å². The summed E-state index contributed by atoms with van der Waals surface area (Å²) in [7, 11) is 0. The number of hydrogen-bond donors (Lipinski definition) is 1. The maximum Gasteiger partial charge on any atom is 0.393 e. The monoisotopic (exact) mass is 359 g/mol. The normalized spacial score (nSPS) is 23.0. The highest BCUT2D eigenvalue weighted by Gasteiger charge is 2.52. The highest BCUT2D eigenvalue weighted by Crippen LogP contribution is 2.39. The Morgan fingerprint density at radius 3 is 2.41 bits per heavy atom. The Labute approximate surface area is 133 Å². The summed E-state index contributed by atoms with van der Waals surface area (Å²) in [6.07, 6.45) is -4.60. The van der Waals surface area contributed by atoms with Crippen LogP contribution in [0.3, 0.4) is 0 Å². The molecule has 0 bridgehead atoms. The highest BCUT2D eigenvalue weighted by atomic mass is 35.5. The Morgan fingerprint density at radius 1 is 1.27 bits per heavy atom. The summed E-state index contributed by atoms with van der Waals surface area (Å²) in [6.45, 7) is -0.744. The smallest absolute Gasteiger partial charge is 0.393 e. The first kappa shape index (κ1) is 17.3. The number of carboxylic acid groups (broad SMARTS) is 1. The van der Waals surface area contributed by atoms with Crippen molar-refractivity contribution >= 4 is 29.2 Å². The molecule has 1 aromatic carbocycles. The molecule has 0 unspecified atom stereocenters. The lowest BCUT2D eigenvalue weighted by Gasteiger charge is -2.19. The maximum absolute atomic E-state index is 13.2. The zero-order chi connectivity index (χ0) is 16.7. The number of likely N-dealkylation sites (tertiary alicyclic amines) is 1. The van der Waals surface area contributed by atoms with E-state index in [1.54, 1.807) is 0 Å². The molecule has 0 radical (unpaired) electrons. The van der Waals surface area contributed by atoms with Crippen LogP contribution in [0.15, 0.2) is 12.1 Å². The predicted molar refractivity (Wildman–Crippen MR) is 72.4 cm³/mol. The molecule has 0 spiro atoms. The second kappa shape index (κ2) is 6.22. The van der Waals surface area contributed by atoms with Crippen molar-refractivity contribution in [3.8, 4) is 0 Å². The van der Waals surface area contributed by atoms with Crippen molar-refractivity contribution in [2.24, 2.45) is 11.8 Å². The van der Waals surface area contributed by atoms with Gasteiger partial charge in [-0.1, -0.05) is 29.3 Å². The third kappa shape index (κ3) is 3.47. The Balaban J connectivity index is 2.19. The maximum atomic E-state index is 13.2. The summed E-state index contributed by atoms with van der Waals surface area (Å²) < 4.78 is 51.9. The number of rotatable bonds is 3. The molecule has 1 aliphatic heterocycles. The molecule has 1 N–H and O–H groups in total. The third-order valence-electron chi connectivity index (χ3n) is 3.64. The summed E-state index contributed by atoms with van der Waals surface area (Å²) >= 11 is 11.5. The minimum atomic E-state index is -4.60. The van der Waals surface area contributed by atoms with E-state index in [9.17, 15) is 22.4 Å². The van der Waals surface area contributed by atoms with Gasteiger partial charge < -0.3 is 5.11 Å². The van der Waals surface area contributed by atoms with Gasteiger partial charge in [0.1, 0.15) is 5.82 Å². The third-order valence-corrected chi connectivity index (χ3v) is 4.54. The number of aliphatic carboxylic acids is 1. The van der Waals surface area contributed by atoms with E-state index >= 15 is 0 Å². The standard InChI is InChI=1S/C13H11Cl2F4NO2/c14-10-6(1-2-9(16)11(10)15)3-20-4-7(12(21)22)8(5-20)13(17,18)19/h1-2,7-8H,3-5H2,(H,21,22)/t7-,8-/m1/s1. The van der Waals surface area contributed by atoms with Gasteiger partial charge in [0, 0.05) is 19.6 Å². The van der Waals surface area contributed by atoms with Crippen LogP contribution in [0.4, 0.5) is 17.6 Å². The molecule has 1 aromatic rings. The first-order chi connectivity index (χ1) is 10.1. The Bertz CT molecular complexity index is 594. The van der Waals surface area contributed by atoms with Crippen LogP contribution >= 0.6 is 23.2 Å². The molecule has 122 valence electrons. The first-order valence-electron chi connectivity index (χ1n) is 6.25. The summed E-state index contributed by atoms with van der Waals surface area (Å²) in [5, 5.41) is 8.56. The summed E-state index contributed by atoms with van der Waals surface area (Å²) in [5.41, 5.74) is 0.347. The molecule has 0 saturated carbocycles. The molecule has 2 rings (SSSR count). The summed E-state index contributed by atoms with van der Waals surface area (Å²) in [4.78, 5) is 12.3. The van der Waals surface area contributed by atoms with Crippen molar-refractivity contribution in [3.63, 3.8) is 0 Å². The van der Waals surface area contributed by atoms with Crippen LogP contribution in [-0.4, -0.2) is 35.2 Å². The van der Waals surface area contributed by atoms with Crippen LogP contribution in [0.1, 0.15) is 5.56 Å². The average molecular weight is 360 g/mol. The van der Waals surface area contributed by atoms with E-state index in [0.717, 1.165) is 6.07 Å². The van der Waals surface area contributed by atoms with Gasteiger partial charge in [-0.15, -0.1) is 0 Å². The molecule has 1 aliphatic rings. The van der Waals surface area contributed by atoms with E-state index in [4.69, 9.17) is 28.3 Å². The molecule has 9 heteroatoms. The van der Waals surface area contributed by atoms with Gasteiger partial charge in [-0.05, 0) is 11.6 Å². The number of benzene rings is 1. The van der Waals surface area contributed by atoms with Crippen LogP contribution < -0.4 is 0 Å². The number of nitrogens with zero attached hydrogens (tertiary/aromatic N) is 1. The second-order valence-electron chi connectivity index (χ2n) is 5.12. The van der Waals surface area contributed by atoms with E-state index in [2.05, 4.69) is 0 Å². The fraction of sp³-hybridized carbons (Fsp3) is 0.462. The lowest BCUT2D eigenvalue weighted by molar-refractivity contribution is -0.188. The van der Waals surface area contributed by atoms with Crippen molar-refractivity contribution in [1.29, 1.82) is 0 Å². The zero-order valence-corrected chi connectivity index (χ0v) is 12.5. The van der Waals surface area contributed by atoms with Crippen molar-refractivity contribution in [2.45, 2.75) is 12.7 Å². The second-order valence-corrected chi connectivity index (χ2v) is 5.88. The Hall–Kier alpha value is -1.05. The zero-order valence-electron chi connectivity index (χ0n) is 11.0. The molecule has 1 fully saturated rings. The number of hydrogen-bond acceptors (Lipinski definition) is 2. The van der Waals surface area contributed by atoms with Crippen LogP contribution in [0, 0.1) is 17.7 Å². The predicted octanol–water partition coefficient (Wildman–Crippen LogP) is 3.83. The van der Waals surface area contributed by atoms with Crippen molar-refractivity contribution < 1.29 is 27.5 Å². The van der Waals surface area contributed by atoms with Gasteiger partial charge in [0.25, 0.3) is 0 Å². The molecule has 0 aliphatic carbocycles. The molecule has 22 heavy (non-hydrogen) atoms. The molecule has 1 saturated heterocycles. The molecule has 3 nitrogen and oxygen atoms in total. The summed E-state index contributed by atoms with van der Waals surface area (Å²) in [6, 6.07) is 2.38. The van der Waals surface area contributed by atoms with Gasteiger partial charge in [-0.25, -0.2) is 4.39 Å². The number of alkyl halides is 3. The van der Waals surface area contributed by atoms with Crippen LogP contribution in [-0.2, 0) is 11.3 Å². The molecule has 0 aromatic heterocycles. The fourth-order valence-corrected chi connectivity index (χ4v) is 2.92. The fourth-order valence-electron chi connectivity index (χ4n) is 2.53. The number of carbonyl (C=O) groups is 1. The Kier molecular flexibility index (Phi) is 4.89. The van der Waals surface area contributed by atoms with Crippen molar-refractivity contribution in [1.82, 2.24) is 4.90 Å². The average Bonchev–Trinajstić information content (AvgIpc) is 2.84. The minimum Gasteiger partial charge on any atom is -0.481 e. The van der Waals surface area contributed by atoms with Crippen molar-refractivity contribution in [2.75, 3.05) is 13.1 Å². The number of carboxylic acids is 1. The van der Waals surface area contributed by atoms with Gasteiger partial charge in [0.05, 0.1) is 21.9 Å². The van der Waals surface area contributed by atoms with Gasteiger partial charge in [-0.2, -0.15) is 13.2 Å². The molecular formula is C13H11Cl2F4NO2. The van der Waals surface area contributed by atoms with Gasteiger partial charge in [0.15, 0.2) is 0 Å². The van der Waals surface area contributed by atoms with Gasteiger partial charge in [0.2, 0.25) is 0 Å². The van der Waals surface area contributed by atoms with Crippen LogP contribution in [0.25, 0.3) is 0 Å². The molecule has 0 amide bonds. The molecule has 1 heterocycles. The SMILES string of the molecule is O=C(O)[C@@H]1CN(Cc2ccc(F)c(Cl)c2Cl)C[C@H]1C(F)(F)F. The van der Waals surface area contributed by atoms with Crippen molar-refractivity contribution in [3.05, 3.63) is 33.6 Å². The first-order valence-corrected chi connectivity index (χ1v) is 7.01. The number of halogens is 6. The van der Waals surface area contributed by atoms with Gasteiger partial charge in [-0.3, -0.25) is 9.69 Å². The van der Waals surface area contributed by atoms with E-state index in [-0.39, 0.29) is 23.1 Å². The highest BCUT2D eigenvalue weighted by molar-refractivity contribution is 6.42. The van der Waals surface area contributed by atoms with Crippen LogP contribution in [0.2, 0.25) is 10.0 Å². The van der Waals surface area contributed by atoms with E-state index < -0.39 is 36.3 Å². The lowest BCUT2D eigenvalue weighted by atomic mass is 9.96. The largest absolute Gasteiger partial charge is 0.481 e. The Morgan fingerprint density at radius 2 is 1.91 bits per heavy atom. The topological polar surface area (TPSA) is 40.5 Å². The quantitative estimate of drug-likeness (QED) is 0.658. The van der Waals surface area contributed by atoms with Gasteiger partial charge >= 0.3 is 12.1 Å². The van der Waals surface area contributed by atoms with E-state index in [1.165, 1.54) is 11.0 Å². The minimum absolute atomic E-state index is 0.0325. The molecule has 2 atom stereocenters.